The fraction of sp³-hybridized carbons (Fsp3) is 0.300. The van der Waals surface area contributed by atoms with Crippen molar-refractivity contribution in [2.75, 3.05) is 12.3 Å². The minimum Gasteiger partial charge on any atom is -0.459 e. The van der Waals surface area contributed by atoms with Gasteiger partial charge in [-0.2, -0.15) is 4.98 Å². The molecule has 0 unspecified atom stereocenters. The number of thioether (sulfide) groups is 2. The van der Waals surface area contributed by atoms with E-state index in [0.717, 1.165) is 16.7 Å². The van der Waals surface area contributed by atoms with Crippen LogP contribution in [0.15, 0.2) is 32.3 Å². The Morgan fingerprint density at radius 2 is 2.47 bits per heavy atom. The fourth-order valence-electron chi connectivity index (χ4n) is 1.34. The van der Waals surface area contributed by atoms with Crippen LogP contribution in [0, 0.1) is 0 Å². The Labute approximate surface area is 106 Å². The average molecular weight is 267 g/mol. The van der Waals surface area contributed by atoms with Crippen LogP contribution >= 0.6 is 23.5 Å². The number of furan rings is 1. The van der Waals surface area contributed by atoms with Crippen molar-refractivity contribution >= 4 is 27.9 Å². The summed E-state index contributed by atoms with van der Waals surface area (Å²) in [7, 11) is 0. The summed E-state index contributed by atoms with van der Waals surface area (Å²) in [6, 6.07) is 3.58. The molecule has 88 valence electrons. The van der Waals surface area contributed by atoms with E-state index in [1.807, 2.05) is 0 Å². The minimum absolute atomic E-state index is 0.423. The second-order valence-corrected chi connectivity index (χ2v) is 5.58. The quantitative estimate of drug-likeness (QED) is 0.851. The molecule has 0 saturated heterocycles. The maximum atomic E-state index is 5.18. The van der Waals surface area contributed by atoms with E-state index in [2.05, 4.69) is 15.1 Å². The summed E-state index contributed by atoms with van der Waals surface area (Å²) in [4.78, 5) is 8.60. The molecule has 2 aromatic heterocycles. The molecule has 0 radical (unpaired) electrons. The van der Waals surface area contributed by atoms with Gasteiger partial charge < -0.3 is 8.94 Å². The maximum absolute atomic E-state index is 5.18. The second kappa shape index (κ2) is 4.97. The van der Waals surface area contributed by atoms with E-state index < -0.39 is 0 Å². The number of aliphatic imine (C=N–C) groups is 1. The first-order valence-corrected chi connectivity index (χ1v) is 7.05. The van der Waals surface area contributed by atoms with Gasteiger partial charge in [0.25, 0.3) is 5.89 Å². The normalized spacial score (nSPS) is 15.2. The first-order valence-electron chi connectivity index (χ1n) is 5.08. The van der Waals surface area contributed by atoms with Crippen molar-refractivity contribution in [3.8, 4) is 11.7 Å². The monoisotopic (exact) mass is 267 g/mol. The molecule has 0 bridgehead atoms. The standard InChI is InChI=1S/C10H9N3O2S2/c1-2-7(14-4-1)9-12-8(13-15-9)6-17-10-11-3-5-16-10/h1-2,4H,3,5-6H2. The lowest BCUT2D eigenvalue weighted by atomic mass is 10.4. The number of rotatable bonds is 3. The van der Waals surface area contributed by atoms with E-state index >= 15 is 0 Å². The smallest absolute Gasteiger partial charge is 0.293 e. The molecule has 0 spiro atoms. The van der Waals surface area contributed by atoms with Crippen LogP contribution in [0.5, 0.6) is 0 Å². The van der Waals surface area contributed by atoms with Crippen molar-refractivity contribution in [2.24, 2.45) is 4.99 Å². The van der Waals surface area contributed by atoms with E-state index in [9.17, 15) is 0 Å². The molecule has 1 aliphatic heterocycles. The molecule has 0 N–H and O–H groups in total. The number of hydrogen-bond donors (Lipinski definition) is 0. The van der Waals surface area contributed by atoms with Gasteiger partial charge in [0.05, 0.1) is 18.6 Å². The van der Waals surface area contributed by atoms with Crippen LogP contribution in [0.4, 0.5) is 0 Å². The van der Waals surface area contributed by atoms with Crippen LogP contribution < -0.4 is 0 Å². The van der Waals surface area contributed by atoms with E-state index in [1.165, 1.54) is 0 Å². The van der Waals surface area contributed by atoms with Crippen molar-refractivity contribution in [3.05, 3.63) is 24.2 Å². The Balaban J connectivity index is 1.64. The largest absolute Gasteiger partial charge is 0.459 e. The van der Waals surface area contributed by atoms with Gasteiger partial charge in [0.2, 0.25) is 0 Å². The lowest BCUT2D eigenvalue weighted by molar-refractivity contribution is 0.411. The second-order valence-electron chi connectivity index (χ2n) is 3.28. The molecule has 3 rings (SSSR count). The molecule has 3 heterocycles. The summed E-state index contributed by atoms with van der Waals surface area (Å²) in [5.41, 5.74) is 0. The Bertz CT molecular complexity index is 521. The van der Waals surface area contributed by atoms with Crippen molar-refractivity contribution < 1.29 is 8.94 Å². The Hall–Kier alpha value is -1.21. The summed E-state index contributed by atoms with van der Waals surface area (Å²) in [6.07, 6.45) is 1.58. The topological polar surface area (TPSA) is 64.4 Å². The average Bonchev–Trinajstić information content (AvgIpc) is 3.09. The molecule has 1 aliphatic rings. The Kier molecular flexibility index (Phi) is 3.19. The Morgan fingerprint density at radius 1 is 1.47 bits per heavy atom. The lowest BCUT2D eigenvalue weighted by Gasteiger charge is -1.93. The van der Waals surface area contributed by atoms with Crippen molar-refractivity contribution in [1.29, 1.82) is 0 Å². The summed E-state index contributed by atoms with van der Waals surface area (Å²) in [6.45, 7) is 0.914. The summed E-state index contributed by atoms with van der Waals surface area (Å²) >= 11 is 3.42. The third-order valence-electron chi connectivity index (χ3n) is 2.08. The summed E-state index contributed by atoms with van der Waals surface area (Å²) in [5.74, 6) is 3.44. The highest BCUT2D eigenvalue weighted by molar-refractivity contribution is 8.38. The van der Waals surface area contributed by atoms with E-state index in [4.69, 9.17) is 8.94 Å². The van der Waals surface area contributed by atoms with Crippen LogP contribution in [0.1, 0.15) is 5.82 Å². The highest BCUT2D eigenvalue weighted by Gasteiger charge is 2.13. The zero-order valence-electron chi connectivity index (χ0n) is 8.83. The predicted molar refractivity (Wildman–Crippen MR) is 68.1 cm³/mol. The number of hydrogen-bond acceptors (Lipinski definition) is 7. The third kappa shape index (κ3) is 2.55. The zero-order valence-corrected chi connectivity index (χ0v) is 10.5. The van der Waals surface area contributed by atoms with E-state index in [-0.39, 0.29) is 0 Å². The van der Waals surface area contributed by atoms with Gasteiger partial charge in [0.1, 0.15) is 4.38 Å². The summed E-state index contributed by atoms with van der Waals surface area (Å²) < 4.78 is 11.4. The first-order chi connectivity index (χ1) is 8.42. The molecule has 2 aromatic rings. The van der Waals surface area contributed by atoms with E-state index in [0.29, 0.717) is 23.2 Å². The highest BCUT2D eigenvalue weighted by atomic mass is 32.2. The van der Waals surface area contributed by atoms with Gasteiger partial charge in [-0.15, -0.1) is 0 Å². The first kappa shape index (κ1) is 10.9. The number of aromatic nitrogens is 2. The van der Waals surface area contributed by atoms with Gasteiger partial charge in [-0.1, -0.05) is 28.7 Å². The van der Waals surface area contributed by atoms with Gasteiger partial charge in [-0.3, -0.25) is 4.99 Å². The minimum atomic E-state index is 0.423. The van der Waals surface area contributed by atoms with Crippen LogP contribution in [-0.2, 0) is 5.75 Å². The van der Waals surface area contributed by atoms with Gasteiger partial charge in [0.15, 0.2) is 11.6 Å². The zero-order chi connectivity index (χ0) is 11.5. The molecular formula is C10H9N3O2S2. The predicted octanol–water partition coefficient (Wildman–Crippen LogP) is 2.67. The van der Waals surface area contributed by atoms with Crippen LogP contribution in [0.2, 0.25) is 0 Å². The fourth-order valence-corrected chi connectivity index (χ4v) is 3.19. The molecule has 5 nitrogen and oxygen atoms in total. The Morgan fingerprint density at radius 3 is 3.24 bits per heavy atom. The van der Waals surface area contributed by atoms with Gasteiger partial charge in [-0.05, 0) is 12.1 Å². The molecule has 0 aromatic carbocycles. The number of nitrogens with zero attached hydrogens (tertiary/aromatic N) is 3. The lowest BCUT2D eigenvalue weighted by Crippen LogP contribution is -1.87. The van der Waals surface area contributed by atoms with Crippen molar-refractivity contribution in [2.45, 2.75) is 5.75 Å². The van der Waals surface area contributed by atoms with Crippen LogP contribution in [-0.4, -0.2) is 26.8 Å². The van der Waals surface area contributed by atoms with Gasteiger partial charge >= 0.3 is 0 Å². The van der Waals surface area contributed by atoms with Gasteiger partial charge in [-0.25, -0.2) is 0 Å². The summed E-state index contributed by atoms with van der Waals surface area (Å²) in [5, 5.41) is 3.90. The molecule has 0 amide bonds. The van der Waals surface area contributed by atoms with Crippen molar-refractivity contribution in [1.82, 2.24) is 10.1 Å². The van der Waals surface area contributed by atoms with Gasteiger partial charge in [0, 0.05) is 5.75 Å². The maximum Gasteiger partial charge on any atom is 0.293 e. The highest BCUT2D eigenvalue weighted by Crippen LogP contribution is 2.25. The molecule has 17 heavy (non-hydrogen) atoms. The molecular weight excluding hydrogens is 258 g/mol. The van der Waals surface area contributed by atoms with Crippen LogP contribution in [0.25, 0.3) is 11.7 Å². The molecule has 7 heteroatoms. The third-order valence-corrected chi connectivity index (χ3v) is 4.33. The molecule has 0 atom stereocenters. The molecule has 0 saturated carbocycles. The SMILES string of the molecule is c1coc(-c2nc(CSC3=NCCS3)no2)c1. The van der Waals surface area contributed by atoms with Crippen LogP contribution in [0.3, 0.4) is 0 Å². The molecule has 0 fully saturated rings. The molecule has 0 aliphatic carbocycles. The van der Waals surface area contributed by atoms with Crippen molar-refractivity contribution in [3.63, 3.8) is 0 Å². The van der Waals surface area contributed by atoms with E-state index in [1.54, 1.807) is 41.9 Å².